The molecule has 1 nitrogen and oxygen atoms in total. The van der Waals surface area contributed by atoms with Crippen molar-refractivity contribution in [1.29, 1.82) is 0 Å². The van der Waals surface area contributed by atoms with Crippen molar-refractivity contribution in [2.45, 2.75) is 0 Å². The topological polar surface area (TPSA) is 9.23 Å². The quantitative estimate of drug-likeness (QED) is 0.554. The SMILES string of the molecule is C1CSC2=C(O1)SC(=C1SC3=C(SCS3)S1)S2. The molecule has 0 unspecified atom stereocenters. The average Bonchev–Trinajstić information content (AvgIpc) is 3.01. The van der Waals surface area contributed by atoms with Crippen molar-refractivity contribution in [3.05, 3.63) is 26.3 Å². The van der Waals surface area contributed by atoms with E-state index in [1.807, 2.05) is 82.3 Å². The van der Waals surface area contributed by atoms with E-state index in [9.17, 15) is 0 Å². The summed E-state index contributed by atoms with van der Waals surface area (Å²) in [6.45, 7) is 0.862. The van der Waals surface area contributed by atoms with Crippen LogP contribution in [0.25, 0.3) is 0 Å². The first-order valence-electron chi connectivity index (χ1n) is 4.85. The van der Waals surface area contributed by atoms with E-state index in [0.29, 0.717) is 0 Å². The van der Waals surface area contributed by atoms with Crippen LogP contribution in [0.3, 0.4) is 0 Å². The normalized spacial score (nSPS) is 27.8. The Morgan fingerprint density at radius 3 is 2.18 bits per heavy atom. The molecule has 0 aromatic rings. The van der Waals surface area contributed by atoms with Crippen molar-refractivity contribution < 1.29 is 4.74 Å². The molecule has 0 aromatic heterocycles. The van der Waals surface area contributed by atoms with Gasteiger partial charge in [0, 0.05) is 10.8 Å². The summed E-state index contributed by atoms with van der Waals surface area (Å²) in [6.07, 6.45) is 0. The molecular formula is C9H6OS7. The van der Waals surface area contributed by atoms with Crippen LogP contribution in [0.2, 0.25) is 0 Å². The highest BCUT2D eigenvalue weighted by Crippen LogP contribution is 2.67. The lowest BCUT2D eigenvalue weighted by molar-refractivity contribution is 0.259. The lowest BCUT2D eigenvalue weighted by Gasteiger charge is -2.11. The summed E-state index contributed by atoms with van der Waals surface area (Å²) in [5.74, 6) is 1.09. The summed E-state index contributed by atoms with van der Waals surface area (Å²) < 4.78 is 13.0. The van der Waals surface area contributed by atoms with Gasteiger partial charge in [0.05, 0.1) is 27.8 Å². The van der Waals surface area contributed by atoms with Crippen LogP contribution in [0, 0.1) is 0 Å². The fraction of sp³-hybridized carbons (Fsp3) is 0.333. The smallest absolute Gasteiger partial charge is 0.178 e. The van der Waals surface area contributed by atoms with Gasteiger partial charge in [0.25, 0.3) is 0 Å². The number of rotatable bonds is 0. The third-order valence-corrected chi connectivity index (χ3v) is 12.2. The third-order valence-electron chi connectivity index (χ3n) is 2.17. The molecule has 4 aliphatic heterocycles. The predicted molar refractivity (Wildman–Crippen MR) is 89.9 cm³/mol. The zero-order chi connectivity index (χ0) is 11.2. The highest BCUT2D eigenvalue weighted by atomic mass is 32.3. The molecule has 0 N–H and O–H groups in total. The molecule has 0 aromatic carbocycles. The van der Waals surface area contributed by atoms with Crippen LogP contribution in [0.1, 0.15) is 0 Å². The van der Waals surface area contributed by atoms with E-state index in [1.165, 1.54) is 26.3 Å². The maximum atomic E-state index is 5.71. The van der Waals surface area contributed by atoms with E-state index in [4.69, 9.17) is 4.74 Å². The molecule has 0 saturated carbocycles. The Bertz CT molecular complexity index is 440. The minimum Gasteiger partial charge on any atom is -0.484 e. The molecule has 17 heavy (non-hydrogen) atoms. The number of thioether (sulfide) groups is 7. The van der Waals surface area contributed by atoms with E-state index in [0.717, 1.165) is 17.5 Å². The van der Waals surface area contributed by atoms with E-state index in [2.05, 4.69) is 0 Å². The maximum absolute atomic E-state index is 5.71. The van der Waals surface area contributed by atoms with Crippen molar-refractivity contribution in [1.82, 2.24) is 0 Å². The van der Waals surface area contributed by atoms with Gasteiger partial charge < -0.3 is 4.74 Å². The van der Waals surface area contributed by atoms with E-state index in [-0.39, 0.29) is 0 Å². The van der Waals surface area contributed by atoms with Crippen molar-refractivity contribution >= 4 is 82.3 Å². The third kappa shape index (κ3) is 2.32. The zero-order valence-corrected chi connectivity index (χ0v) is 14.1. The lowest BCUT2D eigenvalue weighted by Crippen LogP contribution is -2.00. The maximum Gasteiger partial charge on any atom is 0.178 e. The Hall–Kier alpha value is 1.47. The molecule has 0 atom stereocenters. The molecule has 0 radical (unpaired) electrons. The van der Waals surface area contributed by atoms with Gasteiger partial charge >= 0.3 is 0 Å². The second-order valence-electron chi connectivity index (χ2n) is 3.24. The van der Waals surface area contributed by atoms with Gasteiger partial charge in [0.1, 0.15) is 0 Å². The first-order chi connectivity index (χ1) is 8.40. The van der Waals surface area contributed by atoms with Crippen LogP contribution in [0.4, 0.5) is 0 Å². The molecule has 0 amide bonds. The summed E-state index contributed by atoms with van der Waals surface area (Å²) in [7, 11) is 0. The van der Waals surface area contributed by atoms with Crippen LogP contribution in [-0.2, 0) is 4.74 Å². The summed E-state index contributed by atoms with van der Waals surface area (Å²) in [5.41, 5.74) is 0. The zero-order valence-electron chi connectivity index (χ0n) is 8.39. The molecule has 90 valence electrons. The summed E-state index contributed by atoms with van der Waals surface area (Å²) >= 11 is 13.5. The fourth-order valence-corrected chi connectivity index (χ4v) is 12.0. The second kappa shape index (κ2) is 5.10. The van der Waals surface area contributed by atoms with Crippen LogP contribution in [0.15, 0.2) is 26.3 Å². The minimum absolute atomic E-state index is 0.862. The summed E-state index contributed by atoms with van der Waals surface area (Å²) in [4.78, 5) is 0. The second-order valence-corrected chi connectivity index (χ2v) is 12.0. The molecule has 0 saturated heterocycles. The molecule has 0 aliphatic carbocycles. The molecule has 4 aliphatic rings. The molecular weight excluding hydrogens is 349 g/mol. The predicted octanol–water partition coefficient (Wildman–Crippen LogP) is 5.53. The Kier molecular flexibility index (Phi) is 3.67. The molecule has 4 rings (SSSR count). The Balaban J connectivity index is 1.55. The largest absolute Gasteiger partial charge is 0.484 e. The van der Waals surface area contributed by atoms with Crippen LogP contribution >= 0.6 is 82.3 Å². The van der Waals surface area contributed by atoms with Gasteiger partial charge in [-0.25, -0.2) is 0 Å². The van der Waals surface area contributed by atoms with Crippen molar-refractivity contribution in [3.8, 4) is 0 Å². The summed E-state index contributed by atoms with van der Waals surface area (Å²) in [5, 5.41) is 2.34. The molecule has 4 heterocycles. The first kappa shape index (κ1) is 12.2. The molecule has 0 bridgehead atoms. The van der Waals surface area contributed by atoms with Crippen molar-refractivity contribution in [2.24, 2.45) is 0 Å². The monoisotopic (exact) mass is 354 g/mol. The van der Waals surface area contributed by atoms with Gasteiger partial charge in [-0.1, -0.05) is 35.3 Å². The number of hydrogen-bond donors (Lipinski definition) is 0. The Labute approximate surface area is 130 Å². The molecule has 8 heteroatoms. The highest BCUT2D eigenvalue weighted by Gasteiger charge is 2.34. The van der Waals surface area contributed by atoms with E-state index in [1.54, 1.807) is 0 Å². The van der Waals surface area contributed by atoms with Crippen molar-refractivity contribution in [2.75, 3.05) is 17.4 Å². The first-order valence-corrected chi connectivity index (χ1v) is 11.1. The van der Waals surface area contributed by atoms with Crippen LogP contribution in [-0.4, -0.2) is 17.4 Å². The van der Waals surface area contributed by atoms with Gasteiger partial charge in [-0.3, -0.25) is 0 Å². The molecule has 0 spiro atoms. The Morgan fingerprint density at radius 2 is 1.41 bits per heavy atom. The van der Waals surface area contributed by atoms with Gasteiger partial charge in [-0.15, -0.1) is 35.3 Å². The van der Waals surface area contributed by atoms with Crippen molar-refractivity contribution in [3.63, 3.8) is 0 Å². The standard InChI is InChI=1S/C9H6OS7/c1-2-11-5-4(10-1)14-8(15-5)9-16-6-7(17-9)13-3-12-6/h1-3H2. The fourth-order valence-electron chi connectivity index (χ4n) is 1.47. The van der Waals surface area contributed by atoms with Gasteiger partial charge in [-0.05, 0) is 11.8 Å². The highest BCUT2D eigenvalue weighted by molar-refractivity contribution is 8.47. The molecule has 0 fully saturated rings. The minimum atomic E-state index is 0.862. The number of hydrogen-bond acceptors (Lipinski definition) is 8. The van der Waals surface area contributed by atoms with Gasteiger partial charge in [0.15, 0.2) is 5.09 Å². The van der Waals surface area contributed by atoms with Gasteiger partial charge in [-0.2, -0.15) is 0 Å². The van der Waals surface area contributed by atoms with E-state index < -0.39 is 0 Å². The van der Waals surface area contributed by atoms with Crippen LogP contribution < -0.4 is 0 Å². The number of ether oxygens (including phenoxy) is 1. The summed E-state index contributed by atoms with van der Waals surface area (Å²) in [6, 6.07) is 0. The van der Waals surface area contributed by atoms with Crippen LogP contribution in [0.5, 0.6) is 0 Å². The lowest BCUT2D eigenvalue weighted by atomic mass is 10.8. The average molecular weight is 355 g/mol. The Morgan fingerprint density at radius 1 is 0.706 bits per heavy atom. The van der Waals surface area contributed by atoms with E-state index >= 15 is 0 Å². The van der Waals surface area contributed by atoms with Gasteiger partial charge in [0.2, 0.25) is 0 Å².